The molecule has 146 valence electrons. The number of sulfonamides is 1. The zero-order chi connectivity index (χ0) is 19.3. The van der Waals surface area contributed by atoms with Gasteiger partial charge in [-0.15, -0.1) is 0 Å². The maximum atomic E-state index is 12.4. The molecule has 7 nitrogen and oxygen atoms in total. The maximum Gasteiger partial charge on any atom is 0.242 e. The summed E-state index contributed by atoms with van der Waals surface area (Å²) in [6.07, 6.45) is 3.52. The first-order chi connectivity index (χ1) is 12.2. The van der Waals surface area contributed by atoms with Gasteiger partial charge in [-0.2, -0.15) is 0 Å². The fraction of sp³-hybridized carbons (Fsp3) is 0.611. The van der Waals surface area contributed by atoms with Gasteiger partial charge in [0.1, 0.15) is 0 Å². The molecule has 0 aromatic heterocycles. The second kappa shape index (κ2) is 8.83. The van der Waals surface area contributed by atoms with Gasteiger partial charge in [-0.05, 0) is 56.5 Å². The van der Waals surface area contributed by atoms with Crippen LogP contribution in [0.25, 0.3) is 0 Å². The first-order valence-electron chi connectivity index (χ1n) is 8.96. The Morgan fingerprint density at radius 3 is 2.42 bits per heavy atom. The van der Waals surface area contributed by atoms with Crippen LogP contribution in [0.4, 0.5) is 11.4 Å². The van der Waals surface area contributed by atoms with Crippen molar-refractivity contribution in [2.75, 3.05) is 51.5 Å². The summed E-state index contributed by atoms with van der Waals surface area (Å²) in [5.74, 6) is 0.502. The van der Waals surface area contributed by atoms with Crippen molar-refractivity contribution in [3.8, 4) is 0 Å². The van der Waals surface area contributed by atoms with Gasteiger partial charge >= 0.3 is 0 Å². The van der Waals surface area contributed by atoms with Gasteiger partial charge in [0.2, 0.25) is 15.9 Å². The van der Waals surface area contributed by atoms with Crippen LogP contribution in [0.2, 0.25) is 0 Å². The average Bonchev–Trinajstić information content (AvgIpc) is 2.60. The SMILES string of the molecule is CN(C)c1ccc(S(=O)(=O)N(C)C)cc1NC(=O)CCC1CCNCC1. The highest BCUT2D eigenvalue weighted by atomic mass is 32.2. The van der Waals surface area contributed by atoms with Gasteiger partial charge in [0.25, 0.3) is 0 Å². The maximum absolute atomic E-state index is 12.4. The van der Waals surface area contributed by atoms with E-state index in [9.17, 15) is 13.2 Å². The molecular formula is C18H30N4O3S. The molecule has 1 aliphatic heterocycles. The molecule has 1 aromatic carbocycles. The van der Waals surface area contributed by atoms with Gasteiger partial charge in [0.15, 0.2) is 0 Å². The second-order valence-corrected chi connectivity index (χ2v) is 9.29. The lowest BCUT2D eigenvalue weighted by Gasteiger charge is -2.23. The van der Waals surface area contributed by atoms with Crippen LogP contribution in [0.5, 0.6) is 0 Å². The van der Waals surface area contributed by atoms with Crippen LogP contribution in [0.1, 0.15) is 25.7 Å². The Labute approximate surface area is 156 Å². The van der Waals surface area contributed by atoms with Crippen molar-refractivity contribution in [2.24, 2.45) is 5.92 Å². The minimum atomic E-state index is -3.55. The predicted octanol–water partition coefficient (Wildman–Crippen LogP) is 1.72. The Morgan fingerprint density at radius 2 is 1.85 bits per heavy atom. The van der Waals surface area contributed by atoms with Crippen molar-refractivity contribution < 1.29 is 13.2 Å². The van der Waals surface area contributed by atoms with Crippen molar-refractivity contribution in [1.82, 2.24) is 9.62 Å². The second-order valence-electron chi connectivity index (χ2n) is 7.14. The summed E-state index contributed by atoms with van der Waals surface area (Å²) in [6, 6.07) is 4.82. The number of carbonyl (C=O) groups excluding carboxylic acids is 1. The van der Waals surface area contributed by atoms with Gasteiger partial charge < -0.3 is 15.5 Å². The Morgan fingerprint density at radius 1 is 1.19 bits per heavy atom. The minimum Gasteiger partial charge on any atom is -0.376 e. The van der Waals surface area contributed by atoms with E-state index in [1.54, 1.807) is 12.1 Å². The zero-order valence-corrected chi connectivity index (χ0v) is 16.9. The summed E-state index contributed by atoms with van der Waals surface area (Å²) in [5.41, 5.74) is 1.30. The Bertz CT molecular complexity index is 726. The monoisotopic (exact) mass is 382 g/mol. The lowest BCUT2D eigenvalue weighted by Crippen LogP contribution is -2.28. The fourth-order valence-corrected chi connectivity index (χ4v) is 4.02. The molecule has 1 amide bonds. The molecule has 1 heterocycles. The van der Waals surface area contributed by atoms with E-state index in [-0.39, 0.29) is 10.8 Å². The van der Waals surface area contributed by atoms with Gasteiger partial charge in [-0.3, -0.25) is 4.79 Å². The largest absolute Gasteiger partial charge is 0.376 e. The van der Waals surface area contributed by atoms with E-state index < -0.39 is 10.0 Å². The Hall–Kier alpha value is -1.64. The molecule has 0 unspecified atom stereocenters. The van der Waals surface area contributed by atoms with Crippen LogP contribution < -0.4 is 15.5 Å². The summed E-state index contributed by atoms with van der Waals surface area (Å²) in [4.78, 5) is 14.4. The number of anilines is 2. The predicted molar refractivity (Wildman–Crippen MR) is 105 cm³/mol. The van der Waals surface area contributed by atoms with Gasteiger partial charge in [-0.1, -0.05) is 0 Å². The molecule has 0 spiro atoms. The van der Waals surface area contributed by atoms with Crippen molar-refractivity contribution in [3.05, 3.63) is 18.2 Å². The van der Waals surface area contributed by atoms with E-state index in [0.29, 0.717) is 18.0 Å². The summed E-state index contributed by atoms with van der Waals surface area (Å²) in [7, 11) is 3.16. The number of piperidine rings is 1. The number of nitrogens with zero attached hydrogens (tertiary/aromatic N) is 2. The standard InChI is InChI=1S/C18H30N4O3S/c1-21(2)17-7-6-15(26(24,25)22(3)4)13-16(17)20-18(23)8-5-14-9-11-19-12-10-14/h6-7,13-14,19H,5,8-12H2,1-4H3,(H,20,23). The normalized spacial score (nSPS) is 15.9. The lowest BCUT2D eigenvalue weighted by atomic mass is 9.93. The molecule has 0 saturated carbocycles. The van der Waals surface area contributed by atoms with E-state index in [0.717, 1.165) is 38.0 Å². The number of amides is 1. The minimum absolute atomic E-state index is 0.0777. The topological polar surface area (TPSA) is 81.8 Å². The number of hydrogen-bond donors (Lipinski definition) is 2. The molecule has 2 N–H and O–H groups in total. The first-order valence-corrected chi connectivity index (χ1v) is 10.4. The fourth-order valence-electron chi connectivity index (χ4n) is 3.09. The van der Waals surface area contributed by atoms with Crippen LogP contribution in [-0.2, 0) is 14.8 Å². The molecule has 0 aliphatic carbocycles. The summed E-state index contributed by atoms with van der Waals surface area (Å²) in [6.45, 7) is 2.03. The number of rotatable bonds is 7. The number of carbonyl (C=O) groups is 1. The van der Waals surface area contributed by atoms with Gasteiger partial charge in [0.05, 0.1) is 16.3 Å². The highest BCUT2D eigenvalue weighted by molar-refractivity contribution is 7.89. The highest BCUT2D eigenvalue weighted by Crippen LogP contribution is 2.29. The molecule has 1 saturated heterocycles. The molecule has 0 radical (unpaired) electrons. The van der Waals surface area contributed by atoms with Crippen LogP contribution in [-0.4, -0.2) is 59.9 Å². The van der Waals surface area contributed by atoms with Gasteiger partial charge in [0, 0.05) is 34.6 Å². The smallest absolute Gasteiger partial charge is 0.242 e. The van der Waals surface area contributed by atoms with Crippen molar-refractivity contribution in [1.29, 1.82) is 0 Å². The van der Waals surface area contributed by atoms with Crippen LogP contribution in [0, 0.1) is 5.92 Å². The van der Waals surface area contributed by atoms with Crippen molar-refractivity contribution in [2.45, 2.75) is 30.6 Å². The third kappa shape index (κ3) is 5.18. The lowest BCUT2D eigenvalue weighted by molar-refractivity contribution is -0.116. The van der Waals surface area contributed by atoms with E-state index in [2.05, 4.69) is 10.6 Å². The van der Waals surface area contributed by atoms with Crippen LogP contribution in [0.15, 0.2) is 23.1 Å². The van der Waals surface area contributed by atoms with E-state index >= 15 is 0 Å². The van der Waals surface area contributed by atoms with E-state index in [1.165, 1.54) is 24.5 Å². The third-order valence-electron chi connectivity index (χ3n) is 4.74. The molecular weight excluding hydrogens is 352 g/mol. The number of benzene rings is 1. The number of nitrogens with one attached hydrogen (secondary N) is 2. The zero-order valence-electron chi connectivity index (χ0n) is 16.1. The van der Waals surface area contributed by atoms with Crippen LogP contribution >= 0.6 is 0 Å². The molecule has 1 fully saturated rings. The Balaban J connectivity index is 2.13. The summed E-state index contributed by atoms with van der Waals surface area (Å²) in [5, 5.41) is 6.23. The van der Waals surface area contributed by atoms with E-state index in [1.807, 2.05) is 19.0 Å². The number of hydrogen-bond acceptors (Lipinski definition) is 5. The quantitative estimate of drug-likeness (QED) is 0.750. The molecule has 2 rings (SSSR count). The highest BCUT2D eigenvalue weighted by Gasteiger charge is 2.20. The average molecular weight is 383 g/mol. The van der Waals surface area contributed by atoms with Gasteiger partial charge in [-0.25, -0.2) is 12.7 Å². The molecule has 1 aromatic rings. The van der Waals surface area contributed by atoms with Crippen molar-refractivity contribution >= 4 is 27.3 Å². The Kier molecular flexibility index (Phi) is 7.02. The first kappa shape index (κ1) is 20.7. The molecule has 1 aliphatic rings. The molecule has 8 heteroatoms. The third-order valence-corrected chi connectivity index (χ3v) is 6.55. The molecule has 26 heavy (non-hydrogen) atoms. The molecule has 0 atom stereocenters. The van der Waals surface area contributed by atoms with Crippen molar-refractivity contribution in [3.63, 3.8) is 0 Å². The summed E-state index contributed by atoms with van der Waals surface area (Å²) < 4.78 is 25.9. The van der Waals surface area contributed by atoms with Crippen LogP contribution in [0.3, 0.4) is 0 Å². The summed E-state index contributed by atoms with van der Waals surface area (Å²) >= 11 is 0. The molecule has 0 bridgehead atoms. The van der Waals surface area contributed by atoms with E-state index in [4.69, 9.17) is 0 Å².